The molecule has 0 aliphatic heterocycles. The third kappa shape index (κ3) is 4.53. The number of Topliss-reactive ketones (excluding diaryl/α,β-unsaturated/α-hetero) is 1. The summed E-state index contributed by atoms with van der Waals surface area (Å²) in [5, 5.41) is 0. The first-order valence-electron chi connectivity index (χ1n) is 10.5. The van der Waals surface area contributed by atoms with Crippen LogP contribution < -0.4 is 4.74 Å². The van der Waals surface area contributed by atoms with Crippen molar-refractivity contribution in [1.82, 2.24) is 0 Å². The number of ether oxygens (including phenoxy) is 1. The lowest BCUT2D eigenvalue weighted by Crippen LogP contribution is -2.42. The quantitative estimate of drug-likeness (QED) is 0.397. The number of rotatable bonds is 6. The third-order valence-electron chi connectivity index (χ3n) is 5.72. The molecule has 0 bridgehead atoms. The number of carbonyl (C=O) groups is 1. The largest absolute Gasteiger partial charge is 0.497 e. The molecule has 33 heavy (non-hydrogen) atoms. The molecular formula is C28H23F2NO2. The number of ketones is 1. The maximum Gasteiger partial charge on any atom is 0.175 e. The minimum Gasteiger partial charge on any atom is -0.497 e. The molecule has 0 saturated heterocycles. The summed E-state index contributed by atoms with van der Waals surface area (Å²) in [6.07, 6.45) is 3.74. The van der Waals surface area contributed by atoms with Crippen molar-refractivity contribution in [3.05, 3.63) is 113 Å². The Bertz CT molecular complexity index is 1270. The number of halogens is 2. The fourth-order valence-electron chi connectivity index (χ4n) is 3.75. The molecule has 1 aliphatic rings. The summed E-state index contributed by atoms with van der Waals surface area (Å²) in [6.45, 7) is 3.74. The molecule has 0 N–H and O–H groups in total. The zero-order valence-corrected chi connectivity index (χ0v) is 18.6. The Kier molecular flexibility index (Phi) is 6.05. The van der Waals surface area contributed by atoms with Gasteiger partial charge in [0.25, 0.3) is 0 Å². The molecule has 0 saturated carbocycles. The fraction of sp³-hybridized carbons (Fsp3) is 0.143. The van der Waals surface area contributed by atoms with E-state index in [0.717, 1.165) is 16.7 Å². The van der Waals surface area contributed by atoms with Crippen molar-refractivity contribution in [3.63, 3.8) is 0 Å². The standard InChI is InChI=1S/C28H23F2NO2/c1-28(2)24(17-6-18-4-9-20(29)10-5-18)25(27(28)32)26(19-7-15-23(33-3)16-8-19)31-22-13-11-21(30)12-14-22/h4-17H,1-3H3/b17-6+,31-26?. The van der Waals surface area contributed by atoms with Gasteiger partial charge in [-0.25, -0.2) is 13.8 Å². The highest BCUT2D eigenvalue weighted by Crippen LogP contribution is 2.45. The number of nitrogens with zero attached hydrogens (tertiary/aromatic N) is 1. The molecule has 5 heteroatoms. The van der Waals surface area contributed by atoms with Crippen LogP contribution in [0.25, 0.3) is 6.08 Å². The molecule has 0 unspecified atom stereocenters. The van der Waals surface area contributed by atoms with Crippen LogP contribution in [0.3, 0.4) is 0 Å². The van der Waals surface area contributed by atoms with Gasteiger partial charge in [-0.2, -0.15) is 0 Å². The number of aliphatic imine (C=N–C) groups is 1. The van der Waals surface area contributed by atoms with Crippen LogP contribution in [0.15, 0.2) is 95.0 Å². The highest BCUT2D eigenvalue weighted by Gasteiger charge is 2.47. The number of benzene rings is 3. The molecule has 3 nitrogen and oxygen atoms in total. The van der Waals surface area contributed by atoms with Gasteiger partial charge in [0, 0.05) is 11.1 Å². The number of hydrogen-bond acceptors (Lipinski definition) is 3. The summed E-state index contributed by atoms with van der Waals surface area (Å²) in [7, 11) is 1.58. The Hall–Kier alpha value is -3.86. The summed E-state index contributed by atoms with van der Waals surface area (Å²) in [4.78, 5) is 18.0. The second kappa shape index (κ2) is 8.94. The smallest absolute Gasteiger partial charge is 0.175 e. The lowest BCUT2D eigenvalue weighted by atomic mass is 9.63. The molecule has 4 rings (SSSR count). The van der Waals surface area contributed by atoms with Gasteiger partial charge >= 0.3 is 0 Å². The molecule has 0 amide bonds. The van der Waals surface area contributed by atoms with Gasteiger partial charge in [0.15, 0.2) is 5.78 Å². The summed E-state index contributed by atoms with van der Waals surface area (Å²) in [5.74, 6) is -0.00846. The van der Waals surface area contributed by atoms with E-state index in [-0.39, 0.29) is 17.4 Å². The predicted octanol–water partition coefficient (Wildman–Crippen LogP) is 6.71. The number of allylic oxidation sites excluding steroid dienone is 3. The van der Waals surface area contributed by atoms with Gasteiger partial charge < -0.3 is 4.74 Å². The molecule has 0 spiro atoms. The fourth-order valence-corrected chi connectivity index (χ4v) is 3.75. The first-order valence-corrected chi connectivity index (χ1v) is 10.5. The highest BCUT2D eigenvalue weighted by molar-refractivity contribution is 6.35. The third-order valence-corrected chi connectivity index (χ3v) is 5.72. The SMILES string of the molecule is COc1ccc(C(=Nc2ccc(F)cc2)C2=C(/C=C/c3ccc(F)cc3)C(C)(C)C2=O)cc1. The number of carbonyl (C=O) groups excluding carboxylic acids is 1. The van der Waals surface area contributed by atoms with E-state index in [0.29, 0.717) is 22.7 Å². The van der Waals surface area contributed by atoms with E-state index in [1.165, 1.54) is 24.3 Å². The second-order valence-corrected chi connectivity index (χ2v) is 8.29. The first-order chi connectivity index (χ1) is 15.8. The van der Waals surface area contributed by atoms with Gasteiger partial charge in [-0.05, 0) is 85.6 Å². The molecule has 1 aliphatic carbocycles. The molecule has 0 fully saturated rings. The first kappa shape index (κ1) is 22.3. The van der Waals surface area contributed by atoms with Crippen molar-refractivity contribution in [1.29, 1.82) is 0 Å². The lowest BCUT2D eigenvalue weighted by molar-refractivity contribution is -0.123. The van der Waals surface area contributed by atoms with E-state index >= 15 is 0 Å². The average molecular weight is 443 g/mol. The highest BCUT2D eigenvalue weighted by atomic mass is 19.1. The number of hydrogen-bond donors (Lipinski definition) is 0. The minimum absolute atomic E-state index is 0.0297. The van der Waals surface area contributed by atoms with Gasteiger partial charge in [-0.3, -0.25) is 4.79 Å². The monoisotopic (exact) mass is 443 g/mol. The van der Waals surface area contributed by atoms with E-state index in [2.05, 4.69) is 0 Å². The second-order valence-electron chi connectivity index (χ2n) is 8.29. The van der Waals surface area contributed by atoms with Gasteiger partial charge in [-0.15, -0.1) is 0 Å². The molecule has 0 aromatic heterocycles. The van der Waals surface area contributed by atoms with Crippen molar-refractivity contribution >= 4 is 23.3 Å². The molecule has 3 aromatic rings. The van der Waals surface area contributed by atoms with E-state index in [9.17, 15) is 13.6 Å². The average Bonchev–Trinajstić information content (AvgIpc) is 2.82. The summed E-state index contributed by atoms with van der Waals surface area (Å²) in [5.41, 5.74) is 3.25. The molecule has 0 atom stereocenters. The summed E-state index contributed by atoms with van der Waals surface area (Å²) in [6, 6.07) is 19.2. The van der Waals surface area contributed by atoms with Gasteiger partial charge in [0.05, 0.1) is 23.9 Å². The van der Waals surface area contributed by atoms with Crippen LogP contribution in [0.2, 0.25) is 0 Å². The predicted molar refractivity (Wildman–Crippen MR) is 127 cm³/mol. The number of methoxy groups -OCH3 is 1. The van der Waals surface area contributed by atoms with Crippen LogP contribution in [-0.2, 0) is 4.79 Å². The Labute approximate surface area is 191 Å². The Balaban J connectivity index is 1.85. The van der Waals surface area contributed by atoms with E-state index < -0.39 is 5.41 Å². The van der Waals surface area contributed by atoms with Crippen LogP contribution in [-0.4, -0.2) is 18.6 Å². The van der Waals surface area contributed by atoms with E-state index in [4.69, 9.17) is 9.73 Å². The van der Waals surface area contributed by atoms with Crippen molar-refractivity contribution in [3.8, 4) is 5.75 Å². The van der Waals surface area contributed by atoms with Crippen molar-refractivity contribution < 1.29 is 18.3 Å². The van der Waals surface area contributed by atoms with Crippen molar-refractivity contribution in [2.45, 2.75) is 13.8 Å². The summed E-state index contributed by atoms with van der Waals surface area (Å²) < 4.78 is 31.9. The van der Waals surface area contributed by atoms with Crippen LogP contribution in [0.4, 0.5) is 14.5 Å². The van der Waals surface area contributed by atoms with E-state index in [1.54, 1.807) is 43.5 Å². The topological polar surface area (TPSA) is 38.7 Å². The Morgan fingerprint density at radius 1 is 0.848 bits per heavy atom. The molecule has 0 heterocycles. The van der Waals surface area contributed by atoms with Gasteiger partial charge in [-0.1, -0.05) is 24.3 Å². The Morgan fingerprint density at radius 2 is 1.42 bits per heavy atom. The maximum absolute atomic E-state index is 13.4. The Morgan fingerprint density at radius 3 is 2.00 bits per heavy atom. The molecular weight excluding hydrogens is 420 g/mol. The molecule has 166 valence electrons. The van der Waals surface area contributed by atoms with Gasteiger partial charge in [0.1, 0.15) is 17.4 Å². The van der Waals surface area contributed by atoms with Crippen molar-refractivity contribution in [2.24, 2.45) is 10.4 Å². The lowest BCUT2D eigenvalue weighted by Gasteiger charge is -2.38. The zero-order valence-electron chi connectivity index (χ0n) is 18.6. The van der Waals surface area contributed by atoms with Crippen LogP contribution in [0.1, 0.15) is 25.0 Å². The maximum atomic E-state index is 13.4. The van der Waals surface area contributed by atoms with E-state index in [1.807, 2.05) is 38.1 Å². The van der Waals surface area contributed by atoms with Gasteiger partial charge in [0.2, 0.25) is 0 Å². The minimum atomic E-state index is -0.693. The van der Waals surface area contributed by atoms with Crippen LogP contribution in [0.5, 0.6) is 5.75 Å². The van der Waals surface area contributed by atoms with Crippen molar-refractivity contribution in [2.75, 3.05) is 7.11 Å². The molecule has 0 radical (unpaired) electrons. The van der Waals surface area contributed by atoms with Crippen LogP contribution >= 0.6 is 0 Å². The molecule has 3 aromatic carbocycles. The zero-order chi connectivity index (χ0) is 23.6. The van der Waals surface area contributed by atoms with Crippen LogP contribution in [0, 0.1) is 17.0 Å². The summed E-state index contributed by atoms with van der Waals surface area (Å²) >= 11 is 0. The normalized spacial score (nSPS) is 15.7.